The summed E-state index contributed by atoms with van der Waals surface area (Å²) in [6.07, 6.45) is 2.36. The summed E-state index contributed by atoms with van der Waals surface area (Å²) < 4.78 is 10.5. The lowest BCUT2D eigenvalue weighted by molar-refractivity contribution is 0.414. The molecule has 0 saturated heterocycles. The molecule has 24 heavy (non-hydrogen) atoms. The summed E-state index contributed by atoms with van der Waals surface area (Å²) in [5.74, 6) is 2.87. The van der Waals surface area contributed by atoms with E-state index in [1.54, 1.807) is 13.3 Å². The Morgan fingerprint density at radius 3 is 2.54 bits per heavy atom. The molecule has 0 aliphatic heterocycles. The minimum Gasteiger partial charge on any atom is -0.497 e. The lowest BCUT2D eigenvalue weighted by Gasteiger charge is -2.14. The summed E-state index contributed by atoms with van der Waals surface area (Å²) >= 11 is 0. The number of benzene rings is 1. The predicted molar refractivity (Wildman–Crippen MR) is 92.3 cm³/mol. The number of rotatable bonds is 6. The van der Waals surface area contributed by atoms with Gasteiger partial charge in [0.2, 0.25) is 0 Å². The zero-order chi connectivity index (χ0) is 16.9. The molecule has 0 amide bonds. The molecule has 0 spiro atoms. The highest BCUT2D eigenvalue weighted by molar-refractivity contribution is 5.54. The van der Waals surface area contributed by atoms with Gasteiger partial charge in [0.25, 0.3) is 5.89 Å². The van der Waals surface area contributed by atoms with E-state index in [4.69, 9.17) is 9.26 Å². The molecule has 0 aliphatic rings. The Labute approximate surface area is 141 Å². The SMILES string of the molecule is CCN(C)c1ccc(-c2nc(Cc3ccc(OC)cc3)no2)cn1. The van der Waals surface area contributed by atoms with Crippen LogP contribution in [0.4, 0.5) is 5.82 Å². The number of nitrogens with zero attached hydrogens (tertiary/aromatic N) is 4. The van der Waals surface area contributed by atoms with Gasteiger partial charge in [-0.15, -0.1) is 0 Å². The Bertz CT molecular complexity index is 782. The number of pyridine rings is 1. The summed E-state index contributed by atoms with van der Waals surface area (Å²) in [6.45, 7) is 2.98. The Morgan fingerprint density at radius 2 is 1.92 bits per heavy atom. The first-order chi connectivity index (χ1) is 11.7. The molecule has 0 fully saturated rings. The van der Waals surface area contributed by atoms with Gasteiger partial charge in [-0.3, -0.25) is 0 Å². The van der Waals surface area contributed by atoms with Crippen LogP contribution in [0, 0.1) is 0 Å². The summed E-state index contributed by atoms with van der Waals surface area (Å²) in [5, 5.41) is 4.05. The van der Waals surface area contributed by atoms with Gasteiger partial charge < -0.3 is 14.2 Å². The Morgan fingerprint density at radius 1 is 1.12 bits per heavy atom. The third-order valence-electron chi connectivity index (χ3n) is 3.85. The van der Waals surface area contributed by atoms with Crippen LogP contribution in [-0.2, 0) is 6.42 Å². The molecule has 2 aromatic heterocycles. The van der Waals surface area contributed by atoms with Crippen molar-refractivity contribution < 1.29 is 9.26 Å². The summed E-state index contributed by atoms with van der Waals surface area (Å²) in [4.78, 5) is 10.9. The van der Waals surface area contributed by atoms with Crippen LogP contribution in [0.1, 0.15) is 18.3 Å². The van der Waals surface area contributed by atoms with Crippen molar-refractivity contribution in [3.8, 4) is 17.2 Å². The van der Waals surface area contributed by atoms with Gasteiger partial charge in [0, 0.05) is 26.2 Å². The molecule has 1 aromatic carbocycles. The molecule has 0 atom stereocenters. The number of aromatic nitrogens is 3. The molecule has 6 nitrogen and oxygen atoms in total. The molecule has 0 bridgehead atoms. The topological polar surface area (TPSA) is 64.3 Å². The van der Waals surface area contributed by atoms with Crippen molar-refractivity contribution >= 4 is 5.82 Å². The average molecular weight is 324 g/mol. The van der Waals surface area contributed by atoms with E-state index in [2.05, 4.69) is 26.9 Å². The van der Waals surface area contributed by atoms with Gasteiger partial charge in [0.15, 0.2) is 5.82 Å². The van der Waals surface area contributed by atoms with E-state index < -0.39 is 0 Å². The van der Waals surface area contributed by atoms with Gasteiger partial charge in [0.1, 0.15) is 11.6 Å². The van der Waals surface area contributed by atoms with Crippen molar-refractivity contribution in [1.82, 2.24) is 15.1 Å². The normalized spacial score (nSPS) is 10.6. The van der Waals surface area contributed by atoms with Gasteiger partial charge >= 0.3 is 0 Å². The van der Waals surface area contributed by atoms with Crippen molar-refractivity contribution in [3.63, 3.8) is 0 Å². The van der Waals surface area contributed by atoms with E-state index in [1.165, 1.54) is 0 Å². The van der Waals surface area contributed by atoms with Gasteiger partial charge in [-0.2, -0.15) is 4.98 Å². The number of hydrogen-bond donors (Lipinski definition) is 0. The van der Waals surface area contributed by atoms with E-state index in [0.717, 1.165) is 29.2 Å². The first-order valence-corrected chi connectivity index (χ1v) is 7.82. The Kier molecular flexibility index (Phi) is 4.74. The largest absolute Gasteiger partial charge is 0.497 e. The highest BCUT2D eigenvalue weighted by Crippen LogP contribution is 2.20. The van der Waals surface area contributed by atoms with E-state index in [1.807, 2.05) is 43.4 Å². The van der Waals surface area contributed by atoms with Crippen molar-refractivity contribution in [3.05, 3.63) is 54.0 Å². The van der Waals surface area contributed by atoms with E-state index in [-0.39, 0.29) is 0 Å². The first-order valence-electron chi connectivity index (χ1n) is 7.82. The highest BCUT2D eigenvalue weighted by atomic mass is 16.5. The quantitative estimate of drug-likeness (QED) is 0.694. The van der Waals surface area contributed by atoms with Gasteiger partial charge in [0.05, 0.1) is 12.7 Å². The average Bonchev–Trinajstić information content (AvgIpc) is 3.10. The molecule has 0 saturated carbocycles. The maximum absolute atomic E-state index is 5.36. The van der Waals surface area contributed by atoms with E-state index in [0.29, 0.717) is 18.1 Å². The van der Waals surface area contributed by atoms with Crippen LogP contribution in [0.15, 0.2) is 47.1 Å². The van der Waals surface area contributed by atoms with Gasteiger partial charge in [-0.05, 0) is 36.8 Å². The second-order valence-corrected chi connectivity index (χ2v) is 5.46. The molecule has 0 unspecified atom stereocenters. The molecule has 3 rings (SSSR count). The van der Waals surface area contributed by atoms with E-state index >= 15 is 0 Å². The summed E-state index contributed by atoms with van der Waals surface area (Å²) in [6, 6.07) is 11.7. The van der Waals surface area contributed by atoms with Crippen molar-refractivity contribution in [1.29, 1.82) is 0 Å². The number of ether oxygens (including phenoxy) is 1. The van der Waals surface area contributed by atoms with Crippen LogP contribution >= 0.6 is 0 Å². The number of hydrogen-bond acceptors (Lipinski definition) is 6. The van der Waals surface area contributed by atoms with Crippen molar-refractivity contribution in [2.45, 2.75) is 13.3 Å². The molecule has 0 N–H and O–H groups in total. The number of anilines is 1. The van der Waals surface area contributed by atoms with E-state index in [9.17, 15) is 0 Å². The molecule has 0 aliphatic carbocycles. The third-order valence-corrected chi connectivity index (χ3v) is 3.85. The first kappa shape index (κ1) is 16.0. The Hall–Kier alpha value is -2.89. The van der Waals surface area contributed by atoms with Crippen LogP contribution in [-0.4, -0.2) is 35.8 Å². The lowest BCUT2D eigenvalue weighted by Crippen LogP contribution is -2.16. The minimum atomic E-state index is 0.483. The van der Waals surface area contributed by atoms with Crippen LogP contribution in [0.25, 0.3) is 11.5 Å². The zero-order valence-corrected chi connectivity index (χ0v) is 14.1. The van der Waals surface area contributed by atoms with Gasteiger partial charge in [-0.25, -0.2) is 4.98 Å². The molecular weight excluding hydrogens is 304 g/mol. The lowest BCUT2D eigenvalue weighted by atomic mass is 10.1. The highest BCUT2D eigenvalue weighted by Gasteiger charge is 2.10. The zero-order valence-electron chi connectivity index (χ0n) is 14.1. The van der Waals surface area contributed by atoms with Crippen LogP contribution < -0.4 is 9.64 Å². The second-order valence-electron chi connectivity index (χ2n) is 5.46. The third kappa shape index (κ3) is 3.53. The fraction of sp³-hybridized carbons (Fsp3) is 0.278. The fourth-order valence-corrected chi connectivity index (χ4v) is 2.27. The molecular formula is C18H20N4O2. The fourth-order valence-electron chi connectivity index (χ4n) is 2.27. The molecule has 0 radical (unpaired) electrons. The molecule has 3 aromatic rings. The Balaban J connectivity index is 1.72. The second kappa shape index (κ2) is 7.12. The summed E-state index contributed by atoms with van der Waals surface area (Å²) in [5.41, 5.74) is 1.91. The molecule has 2 heterocycles. The monoisotopic (exact) mass is 324 g/mol. The predicted octanol–water partition coefficient (Wildman–Crippen LogP) is 3.19. The smallest absolute Gasteiger partial charge is 0.259 e. The van der Waals surface area contributed by atoms with Crippen molar-refractivity contribution in [2.75, 3.05) is 25.6 Å². The van der Waals surface area contributed by atoms with Crippen LogP contribution in [0.2, 0.25) is 0 Å². The van der Waals surface area contributed by atoms with Gasteiger partial charge in [-0.1, -0.05) is 17.3 Å². The standard InChI is InChI=1S/C18H20N4O2/c1-4-22(2)17-10-7-14(12-19-17)18-20-16(21-24-18)11-13-5-8-15(23-3)9-6-13/h5-10,12H,4,11H2,1-3H3. The maximum atomic E-state index is 5.36. The van der Waals surface area contributed by atoms with Crippen LogP contribution in [0.5, 0.6) is 5.75 Å². The summed E-state index contributed by atoms with van der Waals surface area (Å²) in [7, 11) is 3.65. The van der Waals surface area contributed by atoms with Crippen molar-refractivity contribution in [2.24, 2.45) is 0 Å². The van der Waals surface area contributed by atoms with Crippen LogP contribution in [0.3, 0.4) is 0 Å². The molecule has 124 valence electrons. The minimum absolute atomic E-state index is 0.483. The maximum Gasteiger partial charge on any atom is 0.259 e. The number of methoxy groups -OCH3 is 1. The molecule has 6 heteroatoms.